The van der Waals surface area contributed by atoms with Gasteiger partial charge in [0.15, 0.2) is 0 Å². The number of carbonyl (C=O) groups excluding carboxylic acids is 2. The van der Waals surface area contributed by atoms with Crippen LogP contribution in [0.15, 0.2) is 72.8 Å². The first kappa shape index (κ1) is 19.5. The Kier molecular flexibility index (Phi) is 5.14. The number of para-hydroxylation sites is 1. The summed E-state index contributed by atoms with van der Waals surface area (Å²) in [5, 5.41) is 4.76. The second kappa shape index (κ2) is 7.91. The van der Waals surface area contributed by atoms with Crippen LogP contribution in [0.5, 0.6) is 0 Å². The summed E-state index contributed by atoms with van der Waals surface area (Å²) in [4.78, 5) is 28.1. The number of aryl methyl sites for hydroxylation is 1. The Labute approximate surface area is 176 Å². The number of hydrogen-bond donors (Lipinski definition) is 2. The third-order valence-electron chi connectivity index (χ3n) is 5.19. The molecule has 6 heteroatoms. The van der Waals surface area contributed by atoms with Gasteiger partial charge in [0.1, 0.15) is 6.17 Å². The Morgan fingerprint density at radius 1 is 0.967 bits per heavy atom. The molecule has 0 saturated carbocycles. The van der Waals surface area contributed by atoms with E-state index in [2.05, 4.69) is 10.7 Å². The average molecular weight is 400 g/mol. The molecule has 30 heavy (non-hydrogen) atoms. The molecule has 0 fully saturated rings. The monoisotopic (exact) mass is 400 g/mol. The summed E-state index contributed by atoms with van der Waals surface area (Å²) in [5.41, 5.74) is 7.54. The molecule has 2 N–H and O–H groups in total. The van der Waals surface area contributed by atoms with Crippen LogP contribution >= 0.6 is 0 Å². The molecule has 0 radical (unpaired) electrons. The van der Waals surface area contributed by atoms with Crippen LogP contribution in [-0.4, -0.2) is 30.9 Å². The molecule has 1 atom stereocenters. The minimum atomic E-state index is -0.530. The molecule has 1 heterocycles. The van der Waals surface area contributed by atoms with E-state index in [1.165, 1.54) is 5.01 Å². The van der Waals surface area contributed by atoms with E-state index in [-0.39, 0.29) is 11.8 Å². The maximum atomic E-state index is 13.3. The van der Waals surface area contributed by atoms with Crippen LogP contribution in [0, 0.1) is 6.92 Å². The molecule has 0 aromatic heterocycles. The fourth-order valence-electron chi connectivity index (χ4n) is 3.44. The highest BCUT2D eigenvalue weighted by atomic mass is 16.2. The Morgan fingerprint density at radius 3 is 2.30 bits per heavy atom. The number of nitrogens with one attached hydrogen (secondary N) is 2. The molecule has 0 bridgehead atoms. The number of nitrogens with zero attached hydrogens (tertiary/aromatic N) is 2. The zero-order valence-electron chi connectivity index (χ0n) is 17.2. The topological polar surface area (TPSA) is 64.7 Å². The van der Waals surface area contributed by atoms with Gasteiger partial charge in [-0.15, -0.1) is 0 Å². The Bertz CT molecular complexity index is 1080. The number of anilines is 2. The lowest BCUT2D eigenvalue weighted by molar-refractivity contribution is 0.0491. The number of benzene rings is 3. The van der Waals surface area contributed by atoms with Crippen molar-refractivity contribution in [3.8, 4) is 0 Å². The van der Waals surface area contributed by atoms with Crippen molar-refractivity contribution in [3.63, 3.8) is 0 Å². The van der Waals surface area contributed by atoms with E-state index in [1.54, 1.807) is 18.2 Å². The molecule has 3 aromatic rings. The minimum absolute atomic E-state index is 0.258. The van der Waals surface area contributed by atoms with Gasteiger partial charge in [0.05, 0.1) is 5.56 Å². The highest BCUT2D eigenvalue weighted by Crippen LogP contribution is 2.32. The maximum Gasteiger partial charge on any atom is 0.276 e. The van der Waals surface area contributed by atoms with Crippen LogP contribution in [0.4, 0.5) is 11.4 Å². The van der Waals surface area contributed by atoms with Gasteiger partial charge in [-0.3, -0.25) is 15.0 Å². The van der Waals surface area contributed by atoms with Gasteiger partial charge in [0.25, 0.3) is 11.8 Å². The fourth-order valence-corrected chi connectivity index (χ4v) is 3.44. The molecule has 0 aliphatic carbocycles. The molecule has 0 saturated heterocycles. The van der Waals surface area contributed by atoms with Gasteiger partial charge in [0.2, 0.25) is 0 Å². The molecule has 152 valence electrons. The second-order valence-corrected chi connectivity index (χ2v) is 7.56. The number of rotatable bonds is 4. The van der Waals surface area contributed by atoms with E-state index < -0.39 is 6.17 Å². The minimum Gasteiger partial charge on any atom is -0.378 e. The Hall–Kier alpha value is -3.80. The first-order valence-corrected chi connectivity index (χ1v) is 9.78. The predicted molar refractivity (Wildman–Crippen MR) is 118 cm³/mol. The lowest BCUT2D eigenvalue weighted by Crippen LogP contribution is -2.52. The van der Waals surface area contributed by atoms with Crippen LogP contribution < -0.4 is 15.6 Å². The summed E-state index contributed by atoms with van der Waals surface area (Å²) in [6, 6.07) is 22.5. The smallest absolute Gasteiger partial charge is 0.276 e. The normalized spacial score (nSPS) is 15.2. The van der Waals surface area contributed by atoms with Crippen molar-refractivity contribution in [2.75, 3.05) is 24.3 Å². The second-order valence-electron chi connectivity index (χ2n) is 7.56. The van der Waals surface area contributed by atoms with Crippen LogP contribution in [0.25, 0.3) is 0 Å². The highest BCUT2D eigenvalue weighted by molar-refractivity contribution is 6.04. The van der Waals surface area contributed by atoms with Gasteiger partial charge >= 0.3 is 0 Å². The third kappa shape index (κ3) is 3.72. The largest absolute Gasteiger partial charge is 0.378 e. The van der Waals surface area contributed by atoms with E-state index in [1.807, 2.05) is 80.5 Å². The summed E-state index contributed by atoms with van der Waals surface area (Å²) < 4.78 is 0. The van der Waals surface area contributed by atoms with E-state index in [4.69, 9.17) is 0 Å². The van der Waals surface area contributed by atoms with Crippen molar-refractivity contribution in [3.05, 3.63) is 95.1 Å². The van der Waals surface area contributed by atoms with Crippen LogP contribution in [0.3, 0.4) is 0 Å². The molecule has 3 aromatic carbocycles. The summed E-state index contributed by atoms with van der Waals surface area (Å²) in [6.07, 6.45) is -0.530. The summed E-state index contributed by atoms with van der Waals surface area (Å²) in [6.45, 7) is 1.96. The quantitative estimate of drug-likeness (QED) is 0.696. The van der Waals surface area contributed by atoms with E-state index in [9.17, 15) is 9.59 Å². The van der Waals surface area contributed by atoms with Crippen molar-refractivity contribution < 1.29 is 9.59 Å². The summed E-state index contributed by atoms with van der Waals surface area (Å²) in [7, 11) is 3.95. The number of hydrogen-bond acceptors (Lipinski definition) is 4. The van der Waals surface area contributed by atoms with E-state index in [0.717, 1.165) is 22.5 Å². The molecule has 1 aliphatic heterocycles. The van der Waals surface area contributed by atoms with Gasteiger partial charge in [-0.25, -0.2) is 5.01 Å². The van der Waals surface area contributed by atoms with Crippen LogP contribution in [0.2, 0.25) is 0 Å². The van der Waals surface area contributed by atoms with Crippen LogP contribution in [0.1, 0.15) is 38.0 Å². The highest BCUT2D eigenvalue weighted by Gasteiger charge is 2.34. The number of carbonyl (C=O) groups is 2. The van der Waals surface area contributed by atoms with Crippen molar-refractivity contribution in [1.82, 2.24) is 10.4 Å². The Balaban J connectivity index is 1.69. The first-order valence-electron chi connectivity index (χ1n) is 9.78. The zero-order chi connectivity index (χ0) is 21.3. The number of hydrazine groups is 1. The molecule has 0 spiro atoms. The van der Waals surface area contributed by atoms with Gasteiger partial charge in [-0.1, -0.05) is 42.0 Å². The molecular formula is C24H24N4O2. The van der Waals surface area contributed by atoms with Crippen molar-refractivity contribution in [1.29, 1.82) is 0 Å². The Morgan fingerprint density at radius 2 is 1.63 bits per heavy atom. The molecular weight excluding hydrogens is 376 g/mol. The molecule has 1 unspecified atom stereocenters. The predicted octanol–water partition coefficient (Wildman–Crippen LogP) is 3.97. The first-order chi connectivity index (χ1) is 14.4. The maximum absolute atomic E-state index is 13.3. The van der Waals surface area contributed by atoms with Gasteiger partial charge in [-0.05, 0) is 48.9 Å². The number of amides is 2. The van der Waals surface area contributed by atoms with E-state index in [0.29, 0.717) is 11.1 Å². The lowest BCUT2D eigenvalue weighted by atomic mass is 10.0. The lowest BCUT2D eigenvalue weighted by Gasteiger charge is -2.37. The average Bonchev–Trinajstić information content (AvgIpc) is 2.76. The van der Waals surface area contributed by atoms with Gasteiger partial charge in [-0.2, -0.15) is 0 Å². The van der Waals surface area contributed by atoms with Gasteiger partial charge in [0, 0.05) is 31.0 Å². The summed E-state index contributed by atoms with van der Waals surface area (Å²) in [5.74, 6) is -0.592. The standard InChI is InChI=1S/C24H24N4O2/c1-16-8-10-18(11-9-16)23(29)26-28-22(17-12-14-19(15-13-17)27(2)3)25-21-7-5-4-6-20(21)24(28)30/h4-15,22,25H,1-3H3,(H,26,29). The third-order valence-corrected chi connectivity index (χ3v) is 5.19. The van der Waals surface area contributed by atoms with E-state index >= 15 is 0 Å². The molecule has 1 aliphatic rings. The molecule has 6 nitrogen and oxygen atoms in total. The fraction of sp³-hybridized carbons (Fsp3) is 0.167. The van der Waals surface area contributed by atoms with Crippen LogP contribution in [-0.2, 0) is 0 Å². The summed E-state index contributed by atoms with van der Waals surface area (Å²) >= 11 is 0. The van der Waals surface area contributed by atoms with Crippen molar-refractivity contribution in [2.24, 2.45) is 0 Å². The van der Waals surface area contributed by atoms with Crippen molar-refractivity contribution >= 4 is 23.2 Å². The molecule has 2 amide bonds. The SMILES string of the molecule is Cc1ccc(C(=O)NN2C(=O)c3ccccc3NC2c2ccc(N(C)C)cc2)cc1. The molecule has 4 rings (SSSR count). The zero-order valence-corrected chi connectivity index (χ0v) is 17.2. The van der Waals surface area contributed by atoms with Crippen molar-refractivity contribution in [2.45, 2.75) is 13.1 Å². The van der Waals surface area contributed by atoms with Gasteiger partial charge < -0.3 is 10.2 Å². The number of fused-ring (bicyclic) bond motifs is 1.